The third kappa shape index (κ3) is 3.79. The molecule has 1 aromatic heterocycles. The topological polar surface area (TPSA) is 66.0 Å². The first-order valence-corrected chi connectivity index (χ1v) is 10.1. The lowest BCUT2D eigenvalue weighted by Crippen LogP contribution is -2.49. The van der Waals surface area contributed by atoms with Gasteiger partial charge in [0.1, 0.15) is 18.2 Å². The van der Waals surface area contributed by atoms with Crippen LogP contribution in [0.5, 0.6) is 0 Å². The SMILES string of the molecule is Cc1cnc(N2CCN(C(=O)c3ccc(N4C(=O)OC[C@H]4C)cc3F)CC2)c(Cl)c1. The van der Waals surface area contributed by atoms with Gasteiger partial charge in [0, 0.05) is 32.4 Å². The zero-order chi connectivity index (χ0) is 21.4. The predicted octanol–water partition coefficient (Wildman–Crippen LogP) is 3.49. The van der Waals surface area contributed by atoms with Crippen molar-refractivity contribution >= 4 is 35.1 Å². The number of nitrogens with zero attached hydrogens (tertiary/aromatic N) is 4. The largest absolute Gasteiger partial charge is 0.447 e. The van der Waals surface area contributed by atoms with E-state index in [1.54, 1.807) is 17.2 Å². The van der Waals surface area contributed by atoms with Crippen molar-refractivity contribution in [2.45, 2.75) is 19.9 Å². The molecular formula is C21H22ClFN4O3. The van der Waals surface area contributed by atoms with Crippen LogP contribution >= 0.6 is 11.6 Å². The summed E-state index contributed by atoms with van der Waals surface area (Å²) in [5.74, 6) is -0.342. The number of benzene rings is 1. The number of aryl methyl sites for hydroxylation is 1. The minimum absolute atomic E-state index is 0.0149. The van der Waals surface area contributed by atoms with E-state index < -0.39 is 11.9 Å². The Morgan fingerprint density at radius 3 is 2.57 bits per heavy atom. The predicted molar refractivity (Wildman–Crippen MR) is 112 cm³/mol. The fourth-order valence-electron chi connectivity index (χ4n) is 3.75. The highest BCUT2D eigenvalue weighted by molar-refractivity contribution is 6.33. The highest BCUT2D eigenvalue weighted by Gasteiger charge is 2.32. The summed E-state index contributed by atoms with van der Waals surface area (Å²) in [6, 6.07) is 5.88. The van der Waals surface area contributed by atoms with Crippen LogP contribution in [0.15, 0.2) is 30.5 Å². The van der Waals surface area contributed by atoms with Gasteiger partial charge in [0.15, 0.2) is 0 Å². The third-order valence-corrected chi connectivity index (χ3v) is 5.65. The molecule has 2 fully saturated rings. The number of piperazine rings is 1. The standard InChI is InChI=1S/C21H22ClFN4O3/c1-13-9-17(22)19(24-11-13)25-5-7-26(8-6-25)20(28)16-4-3-15(10-18(16)23)27-14(2)12-30-21(27)29/h3-4,9-11,14H,5-8,12H2,1-2H3/t14-/m1/s1. The molecule has 0 unspecified atom stereocenters. The fourth-order valence-corrected chi connectivity index (χ4v) is 4.09. The molecule has 1 atom stereocenters. The molecule has 4 rings (SSSR count). The maximum Gasteiger partial charge on any atom is 0.414 e. The van der Waals surface area contributed by atoms with Crippen LogP contribution in [0.3, 0.4) is 0 Å². The van der Waals surface area contributed by atoms with Crippen molar-refractivity contribution in [1.82, 2.24) is 9.88 Å². The van der Waals surface area contributed by atoms with Gasteiger partial charge in [0.2, 0.25) is 0 Å². The number of hydrogen-bond donors (Lipinski definition) is 0. The van der Waals surface area contributed by atoms with Gasteiger partial charge in [0.25, 0.3) is 5.91 Å². The highest BCUT2D eigenvalue weighted by atomic mass is 35.5. The molecule has 0 spiro atoms. The smallest absolute Gasteiger partial charge is 0.414 e. The molecule has 0 radical (unpaired) electrons. The lowest BCUT2D eigenvalue weighted by atomic mass is 10.1. The van der Waals surface area contributed by atoms with Crippen LogP contribution < -0.4 is 9.80 Å². The molecule has 7 nitrogen and oxygen atoms in total. The van der Waals surface area contributed by atoms with E-state index in [0.29, 0.717) is 42.7 Å². The van der Waals surface area contributed by atoms with Gasteiger partial charge in [0.05, 0.1) is 22.3 Å². The summed E-state index contributed by atoms with van der Waals surface area (Å²) < 4.78 is 19.7. The molecule has 0 bridgehead atoms. The molecule has 2 saturated heterocycles. The van der Waals surface area contributed by atoms with Crippen molar-refractivity contribution < 1.29 is 18.7 Å². The van der Waals surface area contributed by atoms with Gasteiger partial charge in [-0.3, -0.25) is 9.69 Å². The summed E-state index contributed by atoms with van der Waals surface area (Å²) >= 11 is 6.30. The quantitative estimate of drug-likeness (QED) is 0.742. The number of halogens is 2. The molecule has 0 aliphatic carbocycles. The maximum atomic E-state index is 14.7. The summed E-state index contributed by atoms with van der Waals surface area (Å²) in [6.07, 6.45) is 1.24. The van der Waals surface area contributed by atoms with E-state index in [-0.39, 0.29) is 24.1 Å². The number of rotatable bonds is 3. The first kappa shape index (κ1) is 20.4. The van der Waals surface area contributed by atoms with Crippen LogP contribution in [0.4, 0.5) is 20.7 Å². The van der Waals surface area contributed by atoms with Gasteiger partial charge in [-0.2, -0.15) is 0 Å². The molecular weight excluding hydrogens is 411 g/mol. The van der Waals surface area contributed by atoms with E-state index in [4.69, 9.17) is 16.3 Å². The van der Waals surface area contributed by atoms with Gasteiger partial charge in [-0.25, -0.2) is 14.2 Å². The van der Waals surface area contributed by atoms with Gasteiger partial charge < -0.3 is 14.5 Å². The first-order valence-electron chi connectivity index (χ1n) is 9.77. The number of hydrogen-bond acceptors (Lipinski definition) is 5. The number of carbonyl (C=O) groups excluding carboxylic acids is 2. The molecule has 0 saturated carbocycles. The molecule has 2 amide bonds. The molecule has 2 aliphatic rings. The Hall–Kier alpha value is -2.87. The van der Waals surface area contributed by atoms with Crippen molar-refractivity contribution in [3.05, 3.63) is 52.4 Å². The molecule has 9 heteroatoms. The number of amides is 2. The van der Waals surface area contributed by atoms with Crippen molar-refractivity contribution in [1.29, 1.82) is 0 Å². The number of carbonyl (C=O) groups is 2. The highest BCUT2D eigenvalue weighted by Crippen LogP contribution is 2.27. The monoisotopic (exact) mass is 432 g/mol. The number of pyridine rings is 1. The Morgan fingerprint density at radius 2 is 1.97 bits per heavy atom. The molecule has 30 heavy (non-hydrogen) atoms. The lowest BCUT2D eigenvalue weighted by Gasteiger charge is -2.36. The molecule has 2 aliphatic heterocycles. The van der Waals surface area contributed by atoms with E-state index in [1.165, 1.54) is 17.0 Å². The number of cyclic esters (lactones) is 1. The van der Waals surface area contributed by atoms with Crippen LogP contribution in [0, 0.1) is 12.7 Å². The van der Waals surface area contributed by atoms with Crippen LogP contribution in [-0.4, -0.2) is 60.7 Å². The van der Waals surface area contributed by atoms with Gasteiger partial charge >= 0.3 is 6.09 Å². The maximum absolute atomic E-state index is 14.7. The normalized spacial score (nSPS) is 19.3. The Balaban J connectivity index is 1.45. The van der Waals surface area contributed by atoms with Crippen molar-refractivity contribution in [2.75, 3.05) is 42.6 Å². The number of aromatic nitrogens is 1. The van der Waals surface area contributed by atoms with Crippen molar-refractivity contribution in [2.24, 2.45) is 0 Å². The summed E-state index contributed by atoms with van der Waals surface area (Å²) in [7, 11) is 0. The Labute approximate surface area is 179 Å². The zero-order valence-electron chi connectivity index (χ0n) is 16.8. The van der Waals surface area contributed by atoms with Crippen LogP contribution in [0.2, 0.25) is 5.02 Å². The van der Waals surface area contributed by atoms with Gasteiger partial charge in [-0.15, -0.1) is 0 Å². The zero-order valence-corrected chi connectivity index (χ0v) is 17.5. The van der Waals surface area contributed by atoms with Crippen molar-refractivity contribution in [3.63, 3.8) is 0 Å². The van der Waals surface area contributed by atoms with Gasteiger partial charge in [-0.1, -0.05) is 11.6 Å². The second-order valence-corrected chi connectivity index (χ2v) is 7.96. The van der Waals surface area contributed by atoms with E-state index in [0.717, 1.165) is 5.56 Å². The summed E-state index contributed by atoms with van der Waals surface area (Å²) in [5, 5.41) is 0.575. The average Bonchev–Trinajstić information content (AvgIpc) is 3.06. The minimum Gasteiger partial charge on any atom is -0.447 e. The summed E-state index contributed by atoms with van der Waals surface area (Å²) in [5.41, 5.74) is 1.34. The van der Waals surface area contributed by atoms with E-state index in [2.05, 4.69) is 4.98 Å². The van der Waals surface area contributed by atoms with Crippen LogP contribution in [0.25, 0.3) is 0 Å². The molecule has 2 aromatic rings. The fraction of sp³-hybridized carbons (Fsp3) is 0.381. The molecule has 0 N–H and O–H groups in total. The third-order valence-electron chi connectivity index (χ3n) is 5.37. The second kappa shape index (κ2) is 8.10. The lowest BCUT2D eigenvalue weighted by molar-refractivity contribution is 0.0742. The molecule has 158 valence electrons. The number of ether oxygens (including phenoxy) is 1. The van der Waals surface area contributed by atoms with E-state index >= 15 is 0 Å². The molecule has 1 aromatic carbocycles. The Morgan fingerprint density at radius 1 is 1.23 bits per heavy atom. The van der Waals surface area contributed by atoms with Crippen LogP contribution in [0.1, 0.15) is 22.8 Å². The second-order valence-electron chi connectivity index (χ2n) is 7.56. The van der Waals surface area contributed by atoms with Gasteiger partial charge in [-0.05, 0) is 43.7 Å². The van der Waals surface area contributed by atoms with E-state index in [1.807, 2.05) is 24.8 Å². The number of anilines is 2. The minimum atomic E-state index is -0.657. The Kier molecular flexibility index (Phi) is 5.51. The van der Waals surface area contributed by atoms with E-state index in [9.17, 15) is 14.0 Å². The summed E-state index contributed by atoms with van der Waals surface area (Å²) in [4.78, 5) is 34.1. The Bertz CT molecular complexity index is 994. The average molecular weight is 433 g/mol. The first-order chi connectivity index (χ1) is 14.3. The summed E-state index contributed by atoms with van der Waals surface area (Å²) in [6.45, 7) is 5.97. The van der Waals surface area contributed by atoms with Crippen LogP contribution in [-0.2, 0) is 4.74 Å². The van der Waals surface area contributed by atoms with Crippen molar-refractivity contribution in [3.8, 4) is 0 Å². The molecule has 3 heterocycles.